The van der Waals surface area contributed by atoms with E-state index in [4.69, 9.17) is 10.1 Å². The molecule has 1 heterocycles. The van der Waals surface area contributed by atoms with Crippen LogP contribution in [-0.4, -0.2) is 20.6 Å². The number of nitrogens with zero attached hydrogens (tertiary/aromatic N) is 2. The first-order valence-corrected chi connectivity index (χ1v) is 7.81. The molecule has 0 atom stereocenters. The molecule has 0 aliphatic heterocycles. The van der Waals surface area contributed by atoms with Gasteiger partial charge in [-0.05, 0) is 49.3 Å². The Bertz CT molecular complexity index is 683. The van der Waals surface area contributed by atoms with Crippen molar-refractivity contribution < 1.29 is 9.90 Å². The van der Waals surface area contributed by atoms with Gasteiger partial charge in [0.05, 0.1) is 16.6 Å². The summed E-state index contributed by atoms with van der Waals surface area (Å²) in [7, 11) is 0. The van der Waals surface area contributed by atoms with Crippen molar-refractivity contribution in [1.29, 1.82) is 0 Å². The molecule has 112 valence electrons. The van der Waals surface area contributed by atoms with Gasteiger partial charge < -0.3 is 9.67 Å². The Morgan fingerprint density at radius 2 is 2.14 bits per heavy atom. The number of aromatic carboxylic acids is 1. The molecule has 1 aliphatic rings. The molecule has 0 radical (unpaired) electrons. The number of aromatic nitrogens is 2. The fraction of sp³-hybridized carbons (Fsp3) is 0.529. The zero-order valence-electron chi connectivity index (χ0n) is 12.7. The van der Waals surface area contributed by atoms with Gasteiger partial charge in [-0.25, -0.2) is 9.78 Å². The van der Waals surface area contributed by atoms with Crippen LogP contribution in [0.3, 0.4) is 0 Å². The van der Waals surface area contributed by atoms with Gasteiger partial charge in [0.25, 0.3) is 0 Å². The maximum absolute atomic E-state index is 11.1. The second kappa shape index (κ2) is 5.17. The summed E-state index contributed by atoms with van der Waals surface area (Å²) in [4.78, 5) is 15.8. The first kappa shape index (κ1) is 14.1. The van der Waals surface area contributed by atoms with Crippen LogP contribution in [0.15, 0.2) is 18.2 Å². The minimum Gasteiger partial charge on any atom is -0.478 e. The van der Waals surface area contributed by atoms with E-state index in [2.05, 4.69) is 18.4 Å². The average molecular weight is 286 g/mol. The Labute approximate surface area is 124 Å². The van der Waals surface area contributed by atoms with Gasteiger partial charge >= 0.3 is 5.97 Å². The minimum atomic E-state index is -0.893. The van der Waals surface area contributed by atoms with Crippen molar-refractivity contribution in [3.05, 3.63) is 29.6 Å². The molecule has 0 bridgehead atoms. The molecule has 1 aromatic heterocycles. The number of fused-ring (bicyclic) bond motifs is 1. The van der Waals surface area contributed by atoms with Gasteiger partial charge in [-0.15, -0.1) is 0 Å². The van der Waals surface area contributed by atoms with Gasteiger partial charge in [-0.2, -0.15) is 0 Å². The lowest BCUT2D eigenvalue weighted by atomic mass is 10.0. The Kier molecular flexibility index (Phi) is 3.47. The molecule has 0 saturated heterocycles. The summed E-state index contributed by atoms with van der Waals surface area (Å²) in [5.41, 5.74) is 2.64. The van der Waals surface area contributed by atoms with Crippen LogP contribution in [0.2, 0.25) is 0 Å². The van der Waals surface area contributed by atoms with Crippen molar-refractivity contribution in [2.24, 2.45) is 5.41 Å². The summed E-state index contributed by atoms with van der Waals surface area (Å²) >= 11 is 0. The van der Waals surface area contributed by atoms with E-state index in [1.165, 1.54) is 19.3 Å². The number of hydrogen-bond acceptors (Lipinski definition) is 2. The Morgan fingerprint density at radius 3 is 2.71 bits per heavy atom. The van der Waals surface area contributed by atoms with Gasteiger partial charge in [-0.1, -0.05) is 13.8 Å². The molecular formula is C17H22N2O2. The van der Waals surface area contributed by atoms with E-state index < -0.39 is 5.97 Å². The molecule has 1 aliphatic carbocycles. The number of rotatable bonds is 6. The molecule has 4 nitrogen and oxygen atoms in total. The molecular weight excluding hydrogens is 264 g/mol. The largest absolute Gasteiger partial charge is 0.478 e. The quantitative estimate of drug-likeness (QED) is 0.876. The van der Waals surface area contributed by atoms with Gasteiger partial charge in [0.1, 0.15) is 5.82 Å². The Hall–Kier alpha value is -1.84. The van der Waals surface area contributed by atoms with E-state index in [0.717, 1.165) is 36.2 Å². The fourth-order valence-electron chi connectivity index (χ4n) is 3.04. The van der Waals surface area contributed by atoms with Crippen LogP contribution in [0.25, 0.3) is 11.0 Å². The van der Waals surface area contributed by atoms with Crippen molar-refractivity contribution in [3.63, 3.8) is 0 Å². The van der Waals surface area contributed by atoms with Crippen LogP contribution in [0, 0.1) is 5.41 Å². The maximum atomic E-state index is 11.1. The summed E-state index contributed by atoms with van der Waals surface area (Å²) in [6.07, 6.45) is 5.78. The third kappa shape index (κ3) is 2.55. The number of aryl methyl sites for hydroxylation is 1. The molecule has 1 fully saturated rings. The van der Waals surface area contributed by atoms with Crippen LogP contribution in [-0.2, 0) is 13.0 Å². The second-order valence-corrected chi connectivity index (χ2v) is 6.23. The first-order valence-electron chi connectivity index (χ1n) is 7.81. The summed E-state index contributed by atoms with van der Waals surface area (Å²) < 4.78 is 2.32. The topological polar surface area (TPSA) is 55.1 Å². The van der Waals surface area contributed by atoms with Crippen molar-refractivity contribution in [3.8, 4) is 0 Å². The smallest absolute Gasteiger partial charge is 0.335 e. The molecule has 0 unspecified atom stereocenters. The fourth-order valence-corrected chi connectivity index (χ4v) is 3.04. The normalized spacial score (nSPS) is 16.3. The van der Waals surface area contributed by atoms with E-state index in [-0.39, 0.29) is 0 Å². The Balaban J connectivity index is 2.06. The molecule has 4 heteroatoms. The van der Waals surface area contributed by atoms with E-state index in [0.29, 0.717) is 11.0 Å². The summed E-state index contributed by atoms with van der Waals surface area (Å²) in [6.45, 7) is 5.43. The van der Waals surface area contributed by atoms with Gasteiger partial charge in [0, 0.05) is 13.0 Å². The van der Waals surface area contributed by atoms with E-state index in [1.807, 2.05) is 6.07 Å². The van der Waals surface area contributed by atoms with Crippen LogP contribution in [0.1, 0.15) is 55.7 Å². The number of benzene rings is 1. The molecule has 3 rings (SSSR count). The van der Waals surface area contributed by atoms with Crippen LogP contribution in [0.5, 0.6) is 0 Å². The minimum absolute atomic E-state index is 0.312. The molecule has 2 aromatic rings. The lowest BCUT2D eigenvalue weighted by Crippen LogP contribution is -2.13. The lowest BCUT2D eigenvalue weighted by molar-refractivity contribution is 0.0697. The van der Waals surface area contributed by atoms with Crippen LogP contribution < -0.4 is 0 Å². The SMILES string of the molecule is CCCc1nc2cc(C(=O)O)ccc2n1CC1(CC)CC1. The average Bonchev–Trinajstić information content (AvgIpc) is 3.17. The lowest BCUT2D eigenvalue weighted by Gasteiger charge is -2.16. The molecule has 21 heavy (non-hydrogen) atoms. The number of hydrogen-bond donors (Lipinski definition) is 1. The van der Waals surface area contributed by atoms with Gasteiger partial charge in [0.2, 0.25) is 0 Å². The zero-order chi connectivity index (χ0) is 15.0. The molecule has 0 spiro atoms. The summed E-state index contributed by atoms with van der Waals surface area (Å²) in [5, 5.41) is 9.12. The third-order valence-corrected chi connectivity index (χ3v) is 4.75. The summed E-state index contributed by atoms with van der Waals surface area (Å²) in [5.74, 6) is 0.200. The first-order chi connectivity index (χ1) is 10.1. The van der Waals surface area contributed by atoms with Crippen molar-refractivity contribution >= 4 is 17.0 Å². The zero-order valence-corrected chi connectivity index (χ0v) is 12.7. The molecule has 1 saturated carbocycles. The monoisotopic (exact) mass is 286 g/mol. The number of carbonyl (C=O) groups is 1. The predicted molar refractivity (Wildman–Crippen MR) is 82.6 cm³/mol. The highest BCUT2D eigenvalue weighted by Gasteiger charge is 2.41. The van der Waals surface area contributed by atoms with Gasteiger partial charge in [0.15, 0.2) is 0 Å². The highest BCUT2D eigenvalue weighted by atomic mass is 16.4. The van der Waals surface area contributed by atoms with E-state index in [1.54, 1.807) is 12.1 Å². The van der Waals surface area contributed by atoms with Crippen molar-refractivity contribution in [1.82, 2.24) is 9.55 Å². The van der Waals surface area contributed by atoms with Crippen molar-refractivity contribution in [2.75, 3.05) is 0 Å². The van der Waals surface area contributed by atoms with E-state index in [9.17, 15) is 4.79 Å². The highest BCUT2D eigenvalue weighted by molar-refractivity contribution is 5.92. The predicted octanol–water partition coefficient (Wildman–Crippen LogP) is 3.88. The third-order valence-electron chi connectivity index (χ3n) is 4.75. The van der Waals surface area contributed by atoms with Crippen LogP contribution in [0.4, 0.5) is 0 Å². The second-order valence-electron chi connectivity index (χ2n) is 6.23. The number of imidazole rings is 1. The number of carboxylic acids is 1. The summed E-state index contributed by atoms with van der Waals surface area (Å²) in [6, 6.07) is 5.29. The molecule has 1 aromatic carbocycles. The van der Waals surface area contributed by atoms with E-state index >= 15 is 0 Å². The maximum Gasteiger partial charge on any atom is 0.335 e. The van der Waals surface area contributed by atoms with Gasteiger partial charge in [-0.3, -0.25) is 0 Å². The standard InChI is InChI=1S/C17H22N2O2/c1-3-5-15-18-13-10-12(16(20)21)6-7-14(13)19(15)11-17(4-2)8-9-17/h6-7,10H,3-5,8-9,11H2,1-2H3,(H,20,21). The molecule has 0 amide bonds. The molecule has 1 N–H and O–H groups in total. The number of carboxylic acid groups (broad SMARTS) is 1. The van der Waals surface area contributed by atoms with Crippen molar-refractivity contribution in [2.45, 2.75) is 52.5 Å². The van der Waals surface area contributed by atoms with Crippen LogP contribution >= 0.6 is 0 Å². The Morgan fingerprint density at radius 1 is 1.38 bits per heavy atom. The highest BCUT2D eigenvalue weighted by Crippen LogP contribution is 2.50.